The first-order chi connectivity index (χ1) is 15.2. The van der Waals surface area contributed by atoms with Gasteiger partial charge in [0.05, 0.1) is 13.2 Å². The molecule has 160 valence electrons. The fourth-order valence-corrected chi connectivity index (χ4v) is 4.04. The van der Waals surface area contributed by atoms with E-state index in [0.717, 1.165) is 23.5 Å². The minimum Gasteiger partial charge on any atom is -0.465 e. The Hall–Kier alpha value is -3.46. The summed E-state index contributed by atoms with van der Waals surface area (Å²) in [5.74, 6) is 0.0231. The maximum atomic E-state index is 12.7. The molecule has 2 aromatic heterocycles. The van der Waals surface area contributed by atoms with Crippen molar-refractivity contribution in [2.75, 3.05) is 29.9 Å². The predicted octanol–water partition coefficient (Wildman–Crippen LogP) is 3.14. The maximum absolute atomic E-state index is 12.7. The van der Waals surface area contributed by atoms with Gasteiger partial charge in [0, 0.05) is 23.3 Å². The predicted molar refractivity (Wildman–Crippen MR) is 120 cm³/mol. The lowest BCUT2D eigenvalue weighted by Gasteiger charge is -2.19. The lowest BCUT2D eigenvalue weighted by Crippen LogP contribution is -2.31. The average Bonchev–Trinajstić information content (AvgIpc) is 3.46. The smallest absolute Gasteiger partial charge is 0.325 e. The second kappa shape index (κ2) is 9.57. The Balaban J connectivity index is 1.58. The largest absolute Gasteiger partial charge is 0.465 e. The molecule has 1 aliphatic heterocycles. The van der Waals surface area contributed by atoms with Gasteiger partial charge in [-0.15, -0.1) is 11.3 Å². The van der Waals surface area contributed by atoms with Crippen LogP contribution in [-0.2, 0) is 22.5 Å². The second-order valence-electron chi connectivity index (χ2n) is 6.88. The molecule has 0 saturated heterocycles. The van der Waals surface area contributed by atoms with Crippen molar-refractivity contribution in [3.8, 4) is 0 Å². The van der Waals surface area contributed by atoms with Crippen LogP contribution < -0.4 is 15.5 Å². The monoisotopic (exact) mass is 437 g/mol. The fourth-order valence-electron chi connectivity index (χ4n) is 3.39. The van der Waals surface area contributed by atoms with E-state index < -0.39 is 11.9 Å². The molecule has 0 spiro atoms. The molecule has 0 unspecified atom stereocenters. The average molecular weight is 438 g/mol. The maximum Gasteiger partial charge on any atom is 0.325 e. The van der Waals surface area contributed by atoms with E-state index in [4.69, 9.17) is 4.74 Å². The van der Waals surface area contributed by atoms with Gasteiger partial charge in [0.2, 0.25) is 5.95 Å². The van der Waals surface area contributed by atoms with Crippen LogP contribution in [0, 0.1) is 0 Å². The molecule has 0 atom stereocenters. The van der Waals surface area contributed by atoms with E-state index >= 15 is 0 Å². The molecule has 0 saturated carbocycles. The molecule has 3 aromatic rings. The summed E-state index contributed by atoms with van der Waals surface area (Å²) in [5.41, 5.74) is 2.60. The van der Waals surface area contributed by atoms with Crippen LogP contribution in [0.15, 0.2) is 48.0 Å². The molecule has 1 amide bonds. The molecular formula is C22H23N5O3S. The highest BCUT2D eigenvalue weighted by Crippen LogP contribution is 2.33. The highest BCUT2D eigenvalue weighted by molar-refractivity contribution is 7.09. The van der Waals surface area contributed by atoms with Gasteiger partial charge in [0.1, 0.15) is 17.9 Å². The molecule has 31 heavy (non-hydrogen) atoms. The topological polar surface area (TPSA) is 96.4 Å². The molecule has 3 heterocycles. The second-order valence-corrected chi connectivity index (χ2v) is 7.92. The fraction of sp³-hybridized carbons (Fsp3) is 0.273. The third-order valence-corrected chi connectivity index (χ3v) is 5.73. The van der Waals surface area contributed by atoms with Gasteiger partial charge < -0.3 is 20.3 Å². The van der Waals surface area contributed by atoms with Crippen molar-refractivity contribution in [3.05, 3.63) is 64.0 Å². The minimum absolute atomic E-state index is 0.210. The number of ether oxygens (including phenoxy) is 1. The molecule has 0 radical (unpaired) electrons. The van der Waals surface area contributed by atoms with Gasteiger partial charge >= 0.3 is 5.97 Å². The SMILES string of the molecule is CCOC(=O)CNC(=O)c1cnc(N2CCc3ccccc32)nc1NCc1cccs1. The van der Waals surface area contributed by atoms with E-state index in [9.17, 15) is 9.59 Å². The number of hydrogen-bond acceptors (Lipinski definition) is 8. The number of hydrogen-bond donors (Lipinski definition) is 2. The quantitative estimate of drug-likeness (QED) is 0.523. The van der Waals surface area contributed by atoms with Gasteiger partial charge in [-0.25, -0.2) is 4.98 Å². The van der Waals surface area contributed by atoms with Gasteiger partial charge in [-0.2, -0.15) is 4.98 Å². The molecule has 4 rings (SSSR count). The zero-order valence-electron chi connectivity index (χ0n) is 17.1. The number of carbonyl (C=O) groups excluding carboxylic acids is 2. The third-order valence-electron chi connectivity index (χ3n) is 4.86. The summed E-state index contributed by atoms with van der Waals surface area (Å²) in [6.45, 7) is 3.08. The zero-order chi connectivity index (χ0) is 21.6. The molecule has 8 nitrogen and oxygen atoms in total. The van der Waals surface area contributed by atoms with Crippen LogP contribution in [-0.4, -0.2) is 41.5 Å². The Morgan fingerprint density at radius 1 is 1.23 bits per heavy atom. The number of rotatable bonds is 8. The van der Waals surface area contributed by atoms with Gasteiger partial charge in [0.15, 0.2) is 0 Å². The first-order valence-corrected chi connectivity index (χ1v) is 11.0. The number of aromatic nitrogens is 2. The van der Waals surface area contributed by atoms with E-state index in [1.165, 1.54) is 11.8 Å². The van der Waals surface area contributed by atoms with Crippen molar-refractivity contribution in [1.82, 2.24) is 15.3 Å². The van der Waals surface area contributed by atoms with Crippen molar-refractivity contribution in [2.45, 2.75) is 19.9 Å². The van der Waals surface area contributed by atoms with E-state index in [0.29, 0.717) is 18.3 Å². The highest BCUT2D eigenvalue weighted by atomic mass is 32.1. The number of esters is 1. The lowest BCUT2D eigenvalue weighted by atomic mass is 10.2. The molecule has 2 N–H and O–H groups in total. The first-order valence-electron chi connectivity index (χ1n) is 10.1. The highest BCUT2D eigenvalue weighted by Gasteiger charge is 2.24. The van der Waals surface area contributed by atoms with Crippen LogP contribution in [0.1, 0.15) is 27.7 Å². The number of benzene rings is 1. The molecule has 1 aromatic carbocycles. The third kappa shape index (κ3) is 4.83. The van der Waals surface area contributed by atoms with Crippen LogP contribution in [0.2, 0.25) is 0 Å². The Bertz CT molecular complexity index is 1070. The van der Waals surface area contributed by atoms with Crippen molar-refractivity contribution in [1.29, 1.82) is 0 Å². The number of thiophene rings is 1. The molecule has 1 aliphatic rings. The number of nitrogens with one attached hydrogen (secondary N) is 2. The zero-order valence-corrected chi connectivity index (χ0v) is 17.9. The molecule has 0 bridgehead atoms. The normalized spacial score (nSPS) is 12.4. The van der Waals surface area contributed by atoms with E-state index in [2.05, 4.69) is 26.7 Å². The van der Waals surface area contributed by atoms with E-state index in [1.807, 2.05) is 40.6 Å². The molecule has 0 aliphatic carbocycles. The summed E-state index contributed by atoms with van der Waals surface area (Å²) in [5, 5.41) is 7.83. The number of anilines is 3. The van der Waals surface area contributed by atoms with Crippen molar-refractivity contribution >= 4 is 40.7 Å². The summed E-state index contributed by atoms with van der Waals surface area (Å²) in [7, 11) is 0. The Morgan fingerprint density at radius 3 is 2.90 bits per heavy atom. The number of nitrogens with zero attached hydrogens (tertiary/aromatic N) is 3. The van der Waals surface area contributed by atoms with Crippen LogP contribution in [0.25, 0.3) is 0 Å². The number of amides is 1. The van der Waals surface area contributed by atoms with Gasteiger partial charge in [-0.05, 0) is 36.4 Å². The van der Waals surface area contributed by atoms with Crippen LogP contribution in [0.4, 0.5) is 17.5 Å². The van der Waals surface area contributed by atoms with Gasteiger partial charge in [-0.1, -0.05) is 24.3 Å². The standard InChI is InChI=1S/C22H23N5O3S/c1-2-30-19(28)14-24-21(29)17-13-25-22(26-20(17)23-12-16-7-5-11-31-16)27-10-9-15-6-3-4-8-18(15)27/h3-8,11,13H,2,9-10,12,14H2,1H3,(H,24,29)(H,23,25,26). The summed E-state index contributed by atoms with van der Waals surface area (Å²) in [6.07, 6.45) is 2.42. The first kappa shape index (κ1) is 20.8. The van der Waals surface area contributed by atoms with E-state index in [1.54, 1.807) is 18.3 Å². The van der Waals surface area contributed by atoms with Crippen LogP contribution in [0.5, 0.6) is 0 Å². The number of fused-ring (bicyclic) bond motifs is 1. The van der Waals surface area contributed by atoms with Crippen molar-refractivity contribution < 1.29 is 14.3 Å². The molecule has 9 heteroatoms. The van der Waals surface area contributed by atoms with Crippen LogP contribution in [0.3, 0.4) is 0 Å². The Labute approximate surface area is 184 Å². The summed E-state index contributed by atoms with van der Waals surface area (Å²) in [4.78, 5) is 36.6. The number of para-hydroxylation sites is 1. The summed E-state index contributed by atoms with van der Waals surface area (Å²) >= 11 is 1.62. The van der Waals surface area contributed by atoms with Crippen molar-refractivity contribution in [3.63, 3.8) is 0 Å². The molecular weight excluding hydrogens is 414 g/mol. The minimum atomic E-state index is -0.491. The Kier molecular flexibility index (Phi) is 6.42. The van der Waals surface area contributed by atoms with E-state index in [-0.39, 0.29) is 18.7 Å². The van der Waals surface area contributed by atoms with Crippen LogP contribution >= 0.6 is 11.3 Å². The summed E-state index contributed by atoms with van der Waals surface area (Å²) in [6, 6.07) is 12.1. The van der Waals surface area contributed by atoms with Crippen molar-refractivity contribution in [2.24, 2.45) is 0 Å². The Morgan fingerprint density at radius 2 is 2.10 bits per heavy atom. The lowest BCUT2D eigenvalue weighted by molar-refractivity contribution is -0.141. The van der Waals surface area contributed by atoms with Gasteiger partial charge in [0.25, 0.3) is 5.91 Å². The van der Waals surface area contributed by atoms with Gasteiger partial charge in [-0.3, -0.25) is 9.59 Å². The summed E-state index contributed by atoms with van der Waals surface area (Å²) < 4.78 is 4.87. The number of carbonyl (C=O) groups is 2. The molecule has 0 fully saturated rings.